The molecule has 1 aromatic carbocycles. The minimum absolute atomic E-state index is 0.112. The zero-order valence-corrected chi connectivity index (χ0v) is 13.1. The Balaban J connectivity index is 1.64. The maximum Gasteiger partial charge on any atom is 0.244 e. The Morgan fingerprint density at radius 3 is 3.05 bits per heavy atom. The van der Waals surface area contributed by atoms with Crippen molar-refractivity contribution in [2.45, 2.75) is 12.5 Å². The molecule has 0 bridgehead atoms. The zero-order chi connectivity index (χ0) is 15.5. The van der Waals surface area contributed by atoms with E-state index in [2.05, 4.69) is 15.6 Å². The van der Waals surface area contributed by atoms with Crippen LogP contribution in [0.25, 0.3) is 0 Å². The highest BCUT2D eigenvalue weighted by Crippen LogP contribution is 2.23. The molecule has 2 N–H and O–H groups in total. The van der Waals surface area contributed by atoms with Gasteiger partial charge in [-0.25, -0.2) is 13.8 Å². The van der Waals surface area contributed by atoms with Crippen LogP contribution in [-0.2, 0) is 11.2 Å². The molecule has 1 amide bonds. The van der Waals surface area contributed by atoms with Gasteiger partial charge >= 0.3 is 0 Å². The summed E-state index contributed by atoms with van der Waals surface area (Å²) in [6, 6.07) is 3.31. The summed E-state index contributed by atoms with van der Waals surface area (Å²) in [5.74, 6) is 0.223. The Morgan fingerprint density at radius 1 is 1.45 bits per heavy atom. The summed E-state index contributed by atoms with van der Waals surface area (Å²) in [4.78, 5) is 16.9. The van der Waals surface area contributed by atoms with E-state index in [9.17, 15) is 13.6 Å². The van der Waals surface area contributed by atoms with Crippen molar-refractivity contribution in [1.82, 2.24) is 10.3 Å². The number of thiazole rings is 1. The van der Waals surface area contributed by atoms with E-state index >= 15 is 0 Å². The Labute approximate surface area is 134 Å². The molecule has 1 atom stereocenters. The lowest BCUT2D eigenvalue weighted by molar-refractivity contribution is -0.117. The molecule has 3 rings (SSSR count). The van der Waals surface area contributed by atoms with Gasteiger partial charge in [-0.05, 0) is 11.6 Å². The first-order valence-corrected chi connectivity index (χ1v) is 8.59. The van der Waals surface area contributed by atoms with E-state index in [1.165, 1.54) is 23.5 Å². The van der Waals surface area contributed by atoms with Crippen LogP contribution in [0.3, 0.4) is 0 Å². The number of nitrogens with one attached hydrogen (secondary N) is 2. The number of hydrogen-bond acceptors (Lipinski definition) is 5. The highest BCUT2D eigenvalue weighted by Gasteiger charge is 2.23. The normalized spacial score (nSPS) is 17.6. The maximum atomic E-state index is 13.6. The van der Waals surface area contributed by atoms with E-state index in [0.717, 1.165) is 22.6 Å². The Hall–Kier alpha value is -1.51. The van der Waals surface area contributed by atoms with Gasteiger partial charge in [-0.15, -0.1) is 23.1 Å². The van der Waals surface area contributed by atoms with Crippen LogP contribution in [-0.4, -0.2) is 28.6 Å². The first-order chi connectivity index (χ1) is 10.6. The number of hydrogen-bond donors (Lipinski definition) is 2. The molecule has 8 heteroatoms. The standard InChI is InChI=1S/C14H13F2N3OS2/c15-9-2-1-8(11(16)4-9)3-10-5-17-14(22-10)19-13(20)12-6-21-7-18-12/h1-2,4-5,12,18H,3,6-7H2,(H,17,19,20)/t12-/m0/s1. The highest BCUT2D eigenvalue weighted by molar-refractivity contribution is 7.99. The van der Waals surface area contributed by atoms with Crippen LogP contribution in [0.1, 0.15) is 10.4 Å². The fourth-order valence-corrected chi connectivity index (χ4v) is 3.84. The van der Waals surface area contributed by atoms with Crippen LogP contribution in [0.2, 0.25) is 0 Å². The van der Waals surface area contributed by atoms with Gasteiger partial charge in [-0.3, -0.25) is 10.1 Å². The number of anilines is 1. The van der Waals surface area contributed by atoms with Gasteiger partial charge in [0.1, 0.15) is 11.6 Å². The van der Waals surface area contributed by atoms with E-state index in [1.54, 1.807) is 18.0 Å². The largest absolute Gasteiger partial charge is 0.301 e. The van der Waals surface area contributed by atoms with Crippen LogP contribution in [0.5, 0.6) is 0 Å². The van der Waals surface area contributed by atoms with E-state index in [-0.39, 0.29) is 11.9 Å². The number of carbonyl (C=O) groups is 1. The van der Waals surface area contributed by atoms with Crippen molar-refractivity contribution in [3.05, 3.63) is 46.5 Å². The van der Waals surface area contributed by atoms with Crippen molar-refractivity contribution >= 4 is 34.1 Å². The minimum atomic E-state index is -0.597. The van der Waals surface area contributed by atoms with Crippen molar-refractivity contribution in [3.63, 3.8) is 0 Å². The van der Waals surface area contributed by atoms with Crippen LogP contribution in [0.15, 0.2) is 24.4 Å². The van der Waals surface area contributed by atoms with Gasteiger partial charge in [-0.1, -0.05) is 6.07 Å². The van der Waals surface area contributed by atoms with Gasteiger partial charge in [0.05, 0.1) is 6.04 Å². The van der Waals surface area contributed by atoms with Crippen molar-refractivity contribution in [2.75, 3.05) is 16.9 Å². The quantitative estimate of drug-likeness (QED) is 0.898. The number of benzene rings is 1. The smallest absolute Gasteiger partial charge is 0.244 e. The van der Waals surface area contributed by atoms with Crippen molar-refractivity contribution in [1.29, 1.82) is 0 Å². The van der Waals surface area contributed by atoms with E-state index in [1.807, 2.05) is 0 Å². The Kier molecular flexibility index (Phi) is 4.70. The predicted molar refractivity (Wildman–Crippen MR) is 84.2 cm³/mol. The number of amides is 1. The first kappa shape index (κ1) is 15.4. The third-order valence-corrected chi connectivity index (χ3v) is 5.05. The van der Waals surface area contributed by atoms with E-state index in [0.29, 0.717) is 17.1 Å². The summed E-state index contributed by atoms with van der Waals surface area (Å²) >= 11 is 2.96. The molecular weight excluding hydrogens is 328 g/mol. The third kappa shape index (κ3) is 3.63. The number of halogens is 2. The summed E-state index contributed by atoms with van der Waals surface area (Å²) in [6.45, 7) is 0. The first-order valence-electron chi connectivity index (χ1n) is 6.62. The monoisotopic (exact) mass is 341 g/mol. The van der Waals surface area contributed by atoms with Crippen LogP contribution < -0.4 is 10.6 Å². The molecule has 4 nitrogen and oxygen atoms in total. The van der Waals surface area contributed by atoms with Crippen molar-refractivity contribution in [3.8, 4) is 0 Å². The Morgan fingerprint density at radius 2 is 2.32 bits per heavy atom. The van der Waals surface area contributed by atoms with Crippen molar-refractivity contribution < 1.29 is 13.6 Å². The molecule has 0 spiro atoms. The molecule has 22 heavy (non-hydrogen) atoms. The number of rotatable bonds is 4. The molecule has 0 saturated carbocycles. The van der Waals surface area contributed by atoms with Crippen LogP contribution >= 0.6 is 23.1 Å². The third-order valence-electron chi connectivity index (χ3n) is 3.20. The molecule has 1 aliphatic rings. The SMILES string of the molecule is O=C(Nc1ncc(Cc2ccc(F)cc2F)s1)[C@@H]1CSCN1. The molecule has 1 aliphatic heterocycles. The van der Waals surface area contributed by atoms with Gasteiger partial charge in [0.15, 0.2) is 5.13 Å². The average Bonchev–Trinajstić information content (AvgIpc) is 3.13. The Bertz CT molecular complexity index is 686. The average molecular weight is 341 g/mol. The fourth-order valence-electron chi connectivity index (χ4n) is 2.06. The minimum Gasteiger partial charge on any atom is -0.301 e. The highest BCUT2D eigenvalue weighted by atomic mass is 32.2. The van der Waals surface area contributed by atoms with Gasteiger partial charge in [0, 0.05) is 35.2 Å². The van der Waals surface area contributed by atoms with E-state index < -0.39 is 11.6 Å². The summed E-state index contributed by atoms with van der Waals surface area (Å²) in [5, 5.41) is 6.32. The van der Waals surface area contributed by atoms with Crippen LogP contribution in [0, 0.1) is 11.6 Å². The van der Waals surface area contributed by atoms with Gasteiger partial charge in [0.25, 0.3) is 0 Å². The summed E-state index contributed by atoms with van der Waals surface area (Å²) in [5.41, 5.74) is 0.400. The molecule has 2 aromatic rings. The molecular formula is C14H13F2N3OS2. The summed E-state index contributed by atoms with van der Waals surface area (Å²) in [6.07, 6.45) is 1.91. The number of carbonyl (C=O) groups excluding carboxylic acids is 1. The molecule has 116 valence electrons. The lowest BCUT2D eigenvalue weighted by Gasteiger charge is -2.07. The number of thioether (sulfide) groups is 1. The van der Waals surface area contributed by atoms with Crippen LogP contribution in [0.4, 0.5) is 13.9 Å². The molecule has 0 unspecified atom stereocenters. The lowest BCUT2D eigenvalue weighted by Crippen LogP contribution is -2.37. The van der Waals surface area contributed by atoms with Crippen molar-refractivity contribution in [2.24, 2.45) is 0 Å². The predicted octanol–water partition coefficient (Wildman–Crippen LogP) is 2.61. The molecule has 0 aliphatic carbocycles. The van der Waals surface area contributed by atoms with Gasteiger partial charge in [-0.2, -0.15) is 0 Å². The second-order valence-corrected chi connectivity index (χ2v) is 6.95. The lowest BCUT2D eigenvalue weighted by atomic mass is 10.1. The molecule has 2 heterocycles. The molecule has 1 saturated heterocycles. The summed E-state index contributed by atoms with van der Waals surface area (Å²) in [7, 11) is 0. The number of nitrogens with zero attached hydrogens (tertiary/aromatic N) is 1. The molecule has 0 radical (unpaired) electrons. The van der Waals surface area contributed by atoms with Gasteiger partial charge < -0.3 is 5.32 Å². The number of aromatic nitrogens is 1. The fraction of sp³-hybridized carbons (Fsp3) is 0.286. The topological polar surface area (TPSA) is 54.0 Å². The molecule has 1 fully saturated rings. The second-order valence-electron chi connectivity index (χ2n) is 4.81. The zero-order valence-electron chi connectivity index (χ0n) is 11.4. The molecule has 1 aromatic heterocycles. The van der Waals surface area contributed by atoms with Gasteiger partial charge in [0.2, 0.25) is 5.91 Å². The summed E-state index contributed by atoms with van der Waals surface area (Å²) < 4.78 is 26.5. The maximum absolute atomic E-state index is 13.6. The second kappa shape index (κ2) is 6.72. The van der Waals surface area contributed by atoms with E-state index in [4.69, 9.17) is 0 Å².